The molecule has 0 saturated carbocycles. The maximum atomic E-state index is 14.2. The lowest BCUT2D eigenvalue weighted by Gasteiger charge is -2.23. The van der Waals surface area contributed by atoms with Crippen molar-refractivity contribution in [3.63, 3.8) is 0 Å². The molecule has 6 rings (SSSR count). The van der Waals surface area contributed by atoms with Crippen molar-refractivity contribution in [3.8, 4) is 5.75 Å². The first kappa shape index (κ1) is 64.2. The molecule has 15 N–H and O–H groups in total. The third-order valence-electron chi connectivity index (χ3n) is 13.4. The molecule has 3 aliphatic heterocycles. The van der Waals surface area contributed by atoms with E-state index in [1.807, 2.05) is 11.8 Å². The topological polar surface area (TPSA) is 445 Å². The third kappa shape index (κ3) is 22.4. The van der Waals surface area contributed by atoms with Crippen molar-refractivity contribution >= 4 is 71.0 Å². The number of nitrogens with two attached hydrogens (primary N) is 1. The van der Waals surface area contributed by atoms with Gasteiger partial charge < -0.3 is 88.3 Å². The molecule has 5 heterocycles. The normalized spacial score (nSPS) is 23.4. The maximum Gasteiger partial charge on any atom is 0.315 e. The van der Waals surface area contributed by atoms with Gasteiger partial charge >= 0.3 is 6.03 Å². The predicted molar refractivity (Wildman–Crippen MR) is 293 cm³/mol. The van der Waals surface area contributed by atoms with E-state index in [9.17, 15) is 58.2 Å². The highest BCUT2D eigenvalue weighted by Crippen LogP contribution is 2.33. The molecule has 8 atom stereocenters. The molecule has 0 unspecified atom stereocenters. The number of hydrogen-bond acceptors (Lipinski definition) is 19. The number of H-pyrrole nitrogens is 1. The van der Waals surface area contributed by atoms with Gasteiger partial charge in [-0.15, -0.1) is 5.10 Å². The number of thioether (sulfide) groups is 1. The van der Waals surface area contributed by atoms with Crippen molar-refractivity contribution in [2.24, 2.45) is 5.73 Å². The van der Waals surface area contributed by atoms with Crippen LogP contribution in [-0.2, 0) is 83.2 Å². The highest BCUT2D eigenvalue weighted by Gasteiger charge is 2.42. The fraction of sp³-hybridized carbons (Fsp3) is 0.588. The highest BCUT2D eigenvalue weighted by atomic mass is 32.2. The zero-order chi connectivity index (χ0) is 59.5. The van der Waals surface area contributed by atoms with Crippen LogP contribution in [0.25, 0.3) is 0 Å². The average Bonchev–Trinajstić information content (AvgIpc) is 4.30. The van der Waals surface area contributed by atoms with Gasteiger partial charge in [-0.1, -0.05) is 23.8 Å². The van der Waals surface area contributed by atoms with E-state index < -0.39 is 104 Å². The number of fused-ring (bicyclic) bond motifs is 3. The fourth-order valence-electron chi connectivity index (χ4n) is 9.04. The van der Waals surface area contributed by atoms with Crippen LogP contribution in [0.3, 0.4) is 0 Å². The summed E-state index contributed by atoms with van der Waals surface area (Å²) in [6.45, 7) is -1.44. The predicted octanol–water partition coefficient (Wildman–Crippen LogP) is -5.06. The number of amides is 11. The summed E-state index contributed by atoms with van der Waals surface area (Å²) in [5.74, 6) is -6.13. The summed E-state index contributed by atoms with van der Waals surface area (Å²) in [4.78, 5) is 138. The van der Waals surface area contributed by atoms with E-state index in [0.29, 0.717) is 42.3 Å². The number of aliphatic hydroxyl groups excluding tert-OH is 1. The van der Waals surface area contributed by atoms with Gasteiger partial charge in [0.2, 0.25) is 53.2 Å². The smallest absolute Gasteiger partial charge is 0.315 e. The number of carbonyl (C=O) groups excluding carboxylic acids is 10. The molecule has 83 heavy (non-hydrogen) atoms. The number of nitrogens with one attached hydrogen (secondary N) is 11. The number of aromatic amines is 1. The van der Waals surface area contributed by atoms with E-state index in [4.69, 9.17) is 19.9 Å². The summed E-state index contributed by atoms with van der Waals surface area (Å²) >= 11 is 1.84. The number of rotatable bonds is 23. The molecule has 2 saturated heterocycles. The van der Waals surface area contributed by atoms with Crippen molar-refractivity contribution in [2.75, 3.05) is 71.6 Å². The summed E-state index contributed by atoms with van der Waals surface area (Å²) < 4.78 is 18.1. The molecule has 11 amide bonds. The first-order valence-corrected chi connectivity index (χ1v) is 28.4. The third-order valence-corrected chi connectivity index (χ3v) is 14.9. The molecular formula is C51H74N16O15S. The monoisotopic (exact) mass is 1180 g/mol. The van der Waals surface area contributed by atoms with Gasteiger partial charge in [-0.05, 0) is 49.8 Å². The molecular weight excluding hydrogens is 1110 g/mol. The number of aryl methyl sites for hydroxylation is 1. The standard InChI is InChI=1S/C51H74N16O15S/c52-46(74)34-5-3-4-13-67-25-32(65-66-67)21-37(59-44(73)27-82-18-17-81-16-15-80-14-12-54-41(70)7-2-1-6-40-45-39(28-83-40)63-51(79)64-45)49(77)62-36(20-31-22-53-29-57-31)48(76)56-24-43(72)60-38(26-68)50(78)61-35(47(75)55-23-42(71)58-34)19-30-8-10-33(69)11-9-30/h8-11,22,25,29,34-40,45,68-69H,1-7,12-21,23-24,26-28H2,(H2,52,74)(H,53,57)(H,54,70)(H,55,75)(H,56,76)(H,58,71)(H,59,73)(H,60,72)(H,61,78)(H,62,77)(H2,63,64,79)/t34-,35-,36-,37-,38-,39+,40+,45+/m0/s1. The number of primary amides is 1. The Hall–Kier alpha value is -7.94. The van der Waals surface area contributed by atoms with Crippen LogP contribution in [0.2, 0.25) is 0 Å². The largest absolute Gasteiger partial charge is 0.508 e. The van der Waals surface area contributed by atoms with Crippen LogP contribution in [0.5, 0.6) is 5.75 Å². The lowest BCUT2D eigenvalue weighted by atomic mass is 10.0. The fourth-order valence-corrected chi connectivity index (χ4v) is 10.6. The first-order valence-electron chi connectivity index (χ1n) is 27.3. The van der Waals surface area contributed by atoms with Gasteiger partial charge in [-0.25, -0.2) is 9.78 Å². The number of aromatic hydroxyl groups is 1. The van der Waals surface area contributed by atoms with E-state index in [-0.39, 0.29) is 101 Å². The van der Waals surface area contributed by atoms with Crippen LogP contribution in [0.1, 0.15) is 61.9 Å². The molecule has 0 aliphatic carbocycles. The Kier molecular flexibility index (Phi) is 26.2. The SMILES string of the molecule is NC(=O)[C@@H]1CCCCn2cc(nn2)C[C@H](NC(=O)COCCOCCOCCNC(=O)CCCC[C@H]2SC[C@H]3NC(=O)N[C@H]32)C(=O)N[C@@H](Cc2c[nH]cn2)C(=O)NCC(=O)N[C@@H](CO)C(=O)N[C@@H](Cc2ccc(O)cc2)C(=O)NCC(=O)N1. The summed E-state index contributed by atoms with van der Waals surface area (Å²) in [5.41, 5.74) is 6.66. The van der Waals surface area contributed by atoms with Crippen molar-refractivity contribution < 1.29 is 72.4 Å². The molecule has 1 aromatic carbocycles. The summed E-state index contributed by atoms with van der Waals surface area (Å²) in [7, 11) is 0. The molecule has 0 radical (unpaired) electrons. The number of hydrogen-bond donors (Lipinski definition) is 14. The Morgan fingerprint density at radius 2 is 1.47 bits per heavy atom. The van der Waals surface area contributed by atoms with Crippen LogP contribution in [-0.4, -0.2) is 214 Å². The van der Waals surface area contributed by atoms with E-state index in [2.05, 4.69) is 73.4 Å². The maximum absolute atomic E-state index is 14.2. The number of unbranched alkanes of at least 4 members (excludes halogenated alkanes) is 1. The summed E-state index contributed by atoms with van der Waals surface area (Å²) in [6, 6.07) is -1.09. The molecule has 32 heteroatoms. The highest BCUT2D eigenvalue weighted by molar-refractivity contribution is 8.00. The van der Waals surface area contributed by atoms with Gasteiger partial charge in [0.05, 0.1) is 82.5 Å². The number of benzene rings is 1. The van der Waals surface area contributed by atoms with Crippen molar-refractivity contribution in [1.29, 1.82) is 0 Å². The van der Waals surface area contributed by atoms with Crippen LogP contribution >= 0.6 is 11.8 Å². The minimum absolute atomic E-state index is 0.00491. The van der Waals surface area contributed by atoms with Crippen LogP contribution in [0, 0.1) is 0 Å². The zero-order valence-electron chi connectivity index (χ0n) is 45.7. The van der Waals surface area contributed by atoms with Gasteiger partial charge in [0, 0.05) is 62.2 Å². The van der Waals surface area contributed by atoms with E-state index >= 15 is 0 Å². The molecule has 3 aromatic rings. The minimum atomic E-state index is -1.66. The Morgan fingerprint density at radius 3 is 2.18 bits per heavy atom. The first-order chi connectivity index (χ1) is 40.0. The molecule has 2 aromatic heterocycles. The molecule has 0 spiro atoms. The quantitative estimate of drug-likeness (QED) is 0.0312. The number of imidazole rings is 1. The van der Waals surface area contributed by atoms with Crippen molar-refractivity contribution in [3.05, 3.63) is 59.9 Å². The van der Waals surface area contributed by atoms with E-state index in [1.54, 1.807) is 0 Å². The summed E-state index contributed by atoms with van der Waals surface area (Å²) in [6.07, 6.45) is 7.58. The molecule has 31 nitrogen and oxygen atoms in total. The van der Waals surface area contributed by atoms with Gasteiger partial charge in [-0.3, -0.25) is 47.8 Å². The number of carbonyl (C=O) groups is 10. The van der Waals surface area contributed by atoms with Gasteiger partial charge in [-0.2, -0.15) is 11.8 Å². The molecule has 2 fully saturated rings. The van der Waals surface area contributed by atoms with Crippen LogP contribution < -0.4 is 58.9 Å². The zero-order valence-corrected chi connectivity index (χ0v) is 46.5. The van der Waals surface area contributed by atoms with E-state index in [0.717, 1.165) is 25.0 Å². The number of ether oxygens (including phenoxy) is 3. The van der Waals surface area contributed by atoms with Crippen molar-refractivity contribution in [1.82, 2.24) is 78.1 Å². The average molecular weight is 1180 g/mol. The van der Waals surface area contributed by atoms with E-state index in [1.165, 1.54) is 47.7 Å². The number of urea groups is 1. The van der Waals surface area contributed by atoms with Gasteiger partial charge in [0.25, 0.3) is 0 Å². The molecule has 454 valence electrons. The molecule has 3 aliphatic rings. The molecule has 2 bridgehead atoms. The number of aromatic nitrogens is 5. The summed E-state index contributed by atoms with van der Waals surface area (Å²) in [5, 5.41) is 54.7. The Labute approximate surface area is 481 Å². The van der Waals surface area contributed by atoms with Crippen LogP contribution in [0.4, 0.5) is 4.79 Å². The Bertz CT molecular complexity index is 2650. The van der Waals surface area contributed by atoms with Crippen molar-refractivity contribution in [2.45, 2.75) is 118 Å². The second kappa shape index (κ2) is 33.9. The number of phenolic OH excluding ortho intramolecular Hbond substituents is 1. The lowest BCUT2D eigenvalue weighted by Crippen LogP contribution is -2.58. The lowest BCUT2D eigenvalue weighted by molar-refractivity contribution is -0.134. The number of aliphatic hydroxyl groups is 1. The number of phenols is 1. The minimum Gasteiger partial charge on any atom is -0.508 e. The number of nitrogens with zero attached hydrogens (tertiary/aromatic N) is 4. The van der Waals surface area contributed by atoms with Crippen LogP contribution in [0.15, 0.2) is 43.0 Å². The van der Waals surface area contributed by atoms with Gasteiger partial charge in [0.15, 0.2) is 0 Å². The van der Waals surface area contributed by atoms with Gasteiger partial charge in [0.1, 0.15) is 42.6 Å². The Morgan fingerprint density at radius 1 is 0.771 bits per heavy atom. The second-order valence-corrected chi connectivity index (χ2v) is 21.1. The Balaban J connectivity index is 1.01. The second-order valence-electron chi connectivity index (χ2n) is 19.8.